The van der Waals surface area contributed by atoms with Gasteiger partial charge in [0, 0.05) is 36.4 Å². The van der Waals surface area contributed by atoms with Crippen molar-refractivity contribution in [2.75, 3.05) is 25.5 Å². The smallest absolute Gasteiger partial charge is 0.243 e. The summed E-state index contributed by atoms with van der Waals surface area (Å²) < 4.78 is 0. The van der Waals surface area contributed by atoms with E-state index >= 15 is 0 Å². The fourth-order valence-corrected chi connectivity index (χ4v) is 3.11. The number of hydrogen-bond acceptors (Lipinski definition) is 2. The quantitative estimate of drug-likeness (QED) is 0.225. The fourth-order valence-electron chi connectivity index (χ4n) is 3.11. The maximum Gasteiger partial charge on any atom is 0.243 e. The molecule has 3 rings (SSSR count). The van der Waals surface area contributed by atoms with E-state index in [1.165, 1.54) is 16.5 Å². The average Bonchev–Trinajstić information content (AvgIpc) is 3.14. The SMILES string of the molecule is CCc1cccc(NC(=O)CNC(=NC)NCCc2c[nH]c3ccccc23)c1.I. The molecule has 1 amide bonds. The van der Waals surface area contributed by atoms with E-state index in [4.69, 9.17) is 0 Å². The third kappa shape index (κ3) is 6.49. The van der Waals surface area contributed by atoms with Gasteiger partial charge in [0.15, 0.2) is 5.96 Å². The summed E-state index contributed by atoms with van der Waals surface area (Å²) in [7, 11) is 1.70. The van der Waals surface area contributed by atoms with E-state index in [0.29, 0.717) is 5.96 Å². The number of fused-ring (bicyclic) bond motifs is 1. The number of nitrogens with one attached hydrogen (secondary N) is 4. The van der Waals surface area contributed by atoms with Crippen molar-refractivity contribution >= 4 is 52.4 Å². The predicted molar refractivity (Wildman–Crippen MR) is 131 cm³/mol. The van der Waals surface area contributed by atoms with Gasteiger partial charge in [0.05, 0.1) is 6.54 Å². The lowest BCUT2D eigenvalue weighted by Gasteiger charge is -2.12. The lowest BCUT2D eigenvalue weighted by atomic mass is 10.1. The molecule has 6 nitrogen and oxygen atoms in total. The van der Waals surface area contributed by atoms with Gasteiger partial charge in [-0.05, 0) is 42.2 Å². The first kappa shape index (κ1) is 22.7. The average molecular weight is 505 g/mol. The lowest BCUT2D eigenvalue weighted by Crippen LogP contribution is -2.42. The maximum absolute atomic E-state index is 12.2. The summed E-state index contributed by atoms with van der Waals surface area (Å²) in [6.07, 6.45) is 3.84. The standard InChI is InChI=1S/C22H27N5O.HI/c1-3-16-7-6-8-18(13-16)27-21(28)15-26-22(23-2)24-12-11-17-14-25-20-10-5-4-9-19(17)20;/h4-10,13-14,25H,3,11-12,15H2,1-2H3,(H,27,28)(H2,23,24,26);1H. The molecule has 0 saturated carbocycles. The van der Waals surface area contributed by atoms with E-state index in [1.54, 1.807) is 7.05 Å². The zero-order valence-electron chi connectivity index (χ0n) is 16.8. The largest absolute Gasteiger partial charge is 0.361 e. The van der Waals surface area contributed by atoms with Gasteiger partial charge < -0.3 is 20.9 Å². The van der Waals surface area contributed by atoms with Gasteiger partial charge >= 0.3 is 0 Å². The van der Waals surface area contributed by atoms with Crippen LogP contribution >= 0.6 is 24.0 Å². The highest BCUT2D eigenvalue weighted by molar-refractivity contribution is 14.0. The van der Waals surface area contributed by atoms with E-state index < -0.39 is 0 Å². The Kier molecular flexibility index (Phi) is 8.98. The summed E-state index contributed by atoms with van der Waals surface area (Å²) in [5.74, 6) is 0.505. The van der Waals surface area contributed by atoms with Gasteiger partial charge in [-0.15, -0.1) is 24.0 Å². The van der Waals surface area contributed by atoms with Crippen LogP contribution in [-0.4, -0.2) is 37.0 Å². The molecule has 0 spiro atoms. The van der Waals surface area contributed by atoms with E-state index in [9.17, 15) is 4.79 Å². The molecule has 0 radical (unpaired) electrons. The zero-order valence-corrected chi connectivity index (χ0v) is 19.1. The molecule has 0 aliphatic heterocycles. The van der Waals surface area contributed by atoms with Gasteiger partial charge in [-0.3, -0.25) is 9.79 Å². The predicted octanol–water partition coefficient (Wildman–Crippen LogP) is 3.69. The molecule has 0 unspecified atom stereocenters. The molecule has 0 fully saturated rings. The molecule has 4 N–H and O–H groups in total. The van der Waals surface area contributed by atoms with E-state index in [-0.39, 0.29) is 36.4 Å². The number of guanidine groups is 1. The zero-order chi connectivity index (χ0) is 19.8. The van der Waals surface area contributed by atoms with Crippen LogP contribution in [0.25, 0.3) is 10.9 Å². The van der Waals surface area contributed by atoms with Gasteiger partial charge in [-0.2, -0.15) is 0 Å². The minimum Gasteiger partial charge on any atom is -0.361 e. The first-order chi connectivity index (χ1) is 13.7. The number of H-pyrrole nitrogens is 1. The van der Waals surface area contributed by atoms with Crippen molar-refractivity contribution in [1.82, 2.24) is 15.6 Å². The van der Waals surface area contributed by atoms with E-state index in [0.717, 1.165) is 30.6 Å². The normalized spacial score (nSPS) is 11.0. The summed E-state index contributed by atoms with van der Waals surface area (Å²) >= 11 is 0. The molecular formula is C22H28IN5O. The number of benzene rings is 2. The molecule has 0 aliphatic carbocycles. The first-order valence-electron chi connectivity index (χ1n) is 9.58. The number of nitrogens with zero attached hydrogens (tertiary/aromatic N) is 1. The number of carbonyl (C=O) groups is 1. The van der Waals surface area contributed by atoms with E-state index in [2.05, 4.69) is 45.0 Å². The Bertz CT molecular complexity index is 967. The fraction of sp³-hybridized carbons (Fsp3) is 0.273. The van der Waals surface area contributed by atoms with Gasteiger partial charge in [-0.1, -0.05) is 37.3 Å². The molecule has 3 aromatic rings. The number of aliphatic imine (C=N–C) groups is 1. The molecule has 0 aliphatic rings. The molecule has 2 aromatic carbocycles. The van der Waals surface area contributed by atoms with Crippen molar-refractivity contribution < 1.29 is 4.79 Å². The van der Waals surface area contributed by atoms with Crippen molar-refractivity contribution in [3.63, 3.8) is 0 Å². The lowest BCUT2D eigenvalue weighted by molar-refractivity contribution is -0.115. The first-order valence-corrected chi connectivity index (χ1v) is 9.58. The van der Waals surface area contributed by atoms with Crippen LogP contribution in [0.15, 0.2) is 59.7 Å². The summed E-state index contributed by atoms with van der Waals surface area (Å²) in [5, 5.41) is 10.5. The Morgan fingerprint density at radius 2 is 1.93 bits per heavy atom. The van der Waals surface area contributed by atoms with Crippen molar-refractivity contribution in [3.05, 3.63) is 65.9 Å². The van der Waals surface area contributed by atoms with Crippen LogP contribution in [0.4, 0.5) is 5.69 Å². The Hall–Kier alpha value is -2.55. The summed E-state index contributed by atoms with van der Waals surface area (Å²) in [4.78, 5) is 19.6. The number of carbonyl (C=O) groups excluding carboxylic acids is 1. The molecule has 0 saturated heterocycles. The highest BCUT2D eigenvalue weighted by atomic mass is 127. The number of para-hydroxylation sites is 1. The van der Waals surface area contributed by atoms with Crippen LogP contribution < -0.4 is 16.0 Å². The summed E-state index contributed by atoms with van der Waals surface area (Å²) in [6, 6.07) is 16.1. The Labute approximate surface area is 188 Å². The number of halogens is 1. The molecule has 0 atom stereocenters. The second-order valence-electron chi connectivity index (χ2n) is 6.56. The second-order valence-corrected chi connectivity index (χ2v) is 6.56. The van der Waals surface area contributed by atoms with E-state index in [1.807, 2.05) is 42.6 Å². The minimum absolute atomic E-state index is 0. The van der Waals surface area contributed by atoms with Gasteiger partial charge in [0.1, 0.15) is 0 Å². The van der Waals surface area contributed by atoms with Crippen LogP contribution in [0.1, 0.15) is 18.1 Å². The number of aryl methyl sites for hydroxylation is 1. The number of anilines is 1. The van der Waals surface area contributed by atoms with Gasteiger partial charge in [-0.25, -0.2) is 0 Å². The van der Waals surface area contributed by atoms with Crippen molar-refractivity contribution in [1.29, 1.82) is 0 Å². The maximum atomic E-state index is 12.2. The number of rotatable bonds is 7. The number of aromatic amines is 1. The Morgan fingerprint density at radius 1 is 1.10 bits per heavy atom. The molecule has 1 heterocycles. The summed E-state index contributed by atoms with van der Waals surface area (Å²) in [5.41, 5.74) is 4.41. The van der Waals surface area contributed by atoms with Crippen LogP contribution in [0.2, 0.25) is 0 Å². The third-order valence-electron chi connectivity index (χ3n) is 4.62. The topological polar surface area (TPSA) is 81.3 Å². The number of amides is 1. The molecular weight excluding hydrogens is 477 g/mol. The van der Waals surface area contributed by atoms with Crippen molar-refractivity contribution in [3.8, 4) is 0 Å². The van der Waals surface area contributed by atoms with Crippen LogP contribution in [-0.2, 0) is 17.6 Å². The minimum atomic E-state index is -0.104. The molecule has 154 valence electrons. The summed E-state index contributed by atoms with van der Waals surface area (Å²) in [6.45, 7) is 2.97. The van der Waals surface area contributed by atoms with Crippen molar-refractivity contribution in [2.45, 2.75) is 19.8 Å². The third-order valence-corrected chi connectivity index (χ3v) is 4.62. The second kappa shape index (κ2) is 11.5. The van der Waals surface area contributed by atoms with Gasteiger partial charge in [0.25, 0.3) is 0 Å². The molecule has 0 bridgehead atoms. The van der Waals surface area contributed by atoms with Crippen molar-refractivity contribution in [2.24, 2.45) is 4.99 Å². The van der Waals surface area contributed by atoms with Crippen LogP contribution in [0.5, 0.6) is 0 Å². The van der Waals surface area contributed by atoms with Gasteiger partial charge in [0.2, 0.25) is 5.91 Å². The monoisotopic (exact) mass is 505 g/mol. The Morgan fingerprint density at radius 3 is 2.72 bits per heavy atom. The molecule has 7 heteroatoms. The van der Waals surface area contributed by atoms with Crippen LogP contribution in [0, 0.1) is 0 Å². The highest BCUT2D eigenvalue weighted by Gasteiger charge is 2.06. The highest BCUT2D eigenvalue weighted by Crippen LogP contribution is 2.17. The molecule has 29 heavy (non-hydrogen) atoms. The number of aromatic nitrogens is 1. The Balaban J connectivity index is 0.00000300. The van der Waals surface area contributed by atoms with Crippen LogP contribution in [0.3, 0.4) is 0 Å². The molecule has 1 aromatic heterocycles. The number of hydrogen-bond donors (Lipinski definition) is 4.